The van der Waals surface area contributed by atoms with Crippen LogP contribution in [0.15, 0.2) is 77.4 Å². The first kappa shape index (κ1) is 33.0. The third-order valence-electron chi connectivity index (χ3n) is 9.24. The number of carbonyl (C=O) groups excluding carboxylic acids is 2. The first-order valence-corrected chi connectivity index (χ1v) is 19.5. The SMILES string of the molecule is C[C@H]1[C@H]([Si](C)(C)O)[C@@H](CCn2cc(CCO)nn2)O[C@]12C(=O)N(Cc1cccc(NC(=O)c3ccc(N)cc3)c1)c1ccc(Br)cc12. The van der Waals surface area contributed by atoms with Gasteiger partial charge in [-0.1, -0.05) is 40.2 Å². The van der Waals surface area contributed by atoms with E-state index in [1.165, 1.54) is 0 Å². The molecule has 0 aliphatic carbocycles. The van der Waals surface area contributed by atoms with Crippen molar-refractivity contribution in [3.8, 4) is 0 Å². The van der Waals surface area contributed by atoms with E-state index in [1.54, 1.807) is 33.8 Å². The lowest BCUT2D eigenvalue weighted by Crippen LogP contribution is -2.46. The number of rotatable bonds is 10. The standard InChI is InChI=1S/C34H39BrN6O5Si/c1-21-31(47(2,3)45)30(13-15-40-20-27(14-16-42)38-39-40)46-34(21)28-18-24(35)9-12-29(28)41(33(34)44)19-22-5-4-6-26(17-22)37-32(43)23-7-10-25(36)11-8-23/h4-12,17-18,20-21,30-31,42,45H,13-16,19,36H2,1-3H3,(H,37,43)/t21-,30+,31-,34+/m0/s1. The number of nitrogens with one attached hydrogen (secondary N) is 1. The predicted molar refractivity (Wildman–Crippen MR) is 185 cm³/mol. The van der Waals surface area contributed by atoms with Crippen LogP contribution >= 0.6 is 15.9 Å². The summed E-state index contributed by atoms with van der Waals surface area (Å²) in [5.41, 5.74) is 8.99. The summed E-state index contributed by atoms with van der Waals surface area (Å²) in [5.74, 6) is -0.743. The van der Waals surface area contributed by atoms with Gasteiger partial charge in [0.05, 0.1) is 24.0 Å². The molecule has 0 unspecified atom stereocenters. The summed E-state index contributed by atoms with van der Waals surface area (Å²) in [6, 6.07) is 20.0. The van der Waals surface area contributed by atoms with Gasteiger partial charge in [0.2, 0.25) is 0 Å². The van der Waals surface area contributed by atoms with Crippen LogP contribution < -0.4 is 16.0 Å². The van der Waals surface area contributed by atoms with Gasteiger partial charge >= 0.3 is 0 Å². The summed E-state index contributed by atoms with van der Waals surface area (Å²) in [6.45, 7) is 6.57. The van der Waals surface area contributed by atoms with Gasteiger partial charge in [0.1, 0.15) is 0 Å². The van der Waals surface area contributed by atoms with Crippen molar-refractivity contribution in [3.63, 3.8) is 0 Å². The number of aliphatic hydroxyl groups is 1. The van der Waals surface area contributed by atoms with Gasteiger partial charge in [0, 0.05) is 64.2 Å². The van der Waals surface area contributed by atoms with Crippen LogP contribution in [0.1, 0.15) is 40.5 Å². The molecule has 1 fully saturated rings. The molecule has 4 aromatic rings. The molecule has 6 rings (SSSR count). The van der Waals surface area contributed by atoms with Crippen molar-refractivity contribution in [2.75, 3.05) is 22.6 Å². The number of nitrogens with two attached hydrogens (primary N) is 1. The maximum absolute atomic E-state index is 14.7. The number of hydrogen-bond donors (Lipinski definition) is 4. The number of aryl methyl sites for hydroxylation is 1. The van der Waals surface area contributed by atoms with E-state index >= 15 is 0 Å². The lowest BCUT2D eigenvalue weighted by molar-refractivity contribution is -0.146. The molecule has 5 N–H and O–H groups in total. The molecule has 1 saturated heterocycles. The third kappa shape index (κ3) is 6.37. The fourth-order valence-corrected chi connectivity index (χ4v) is 10.1. The van der Waals surface area contributed by atoms with E-state index < -0.39 is 20.0 Å². The molecule has 3 aromatic carbocycles. The highest BCUT2D eigenvalue weighted by atomic mass is 79.9. The van der Waals surface area contributed by atoms with E-state index in [2.05, 4.69) is 31.6 Å². The molecule has 2 amide bonds. The maximum Gasteiger partial charge on any atom is 0.264 e. The van der Waals surface area contributed by atoms with Gasteiger partial charge in [-0.25, -0.2) is 0 Å². The smallest absolute Gasteiger partial charge is 0.264 e. The minimum absolute atomic E-state index is 0.00698. The van der Waals surface area contributed by atoms with Crippen LogP contribution in [0.3, 0.4) is 0 Å². The molecule has 1 aromatic heterocycles. The van der Waals surface area contributed by atoms with Gasteiger partial charge in [-0.05, 0) is 79.7 Å². The monoisotopic (exact) mass is 718 g/mol. The average Bonchev–Trinajstić information content (AvgIpc) is 3.66. The third-order valence-corrected chi connectivity index (χ3v) is 12.2. The Balaban J connectivity index is 1.28. The summed E-state index contributed by atoms with van der Waals surface area (Å²) in [5, 5.41) is 20.5. The Bertz CT molecular complexity index is 1790. The van der Waals surface area contributed by atoms with E-state index in [9.17, 15) is 19.5 Å². The molecule has 246 valence electrons. The molecule has 0 bridgehead atoms. The number of hydrogen-bond acceptors (Lipinski definition) is 8. The van der Waals surface area contributed by atoms with Gasteiger partial charge in [-0.2, -0.15) is 0 Å². The van der Waals surface area contributed by atoms with Crippen molar-refractivity contribution in [1.82, 2.24) is 15.0 Å². The highest BCUT2D eigenvalue weighted by molar-refractivity contribution is 9.10. The summed E-state index contributed by atoms with van der Waals surface area (Å²) < 4.78 is 9.48. The largest absolute Gasteiger partial charge is 0.432 e. The van der Waals surface area contributed by atoms with Gasteiger partial charge < -0.3 is 30.6 Å². The predicted octanol–water partition coefficient (Wildman–Crippen LogP) is 4.84. The van der Waals surface area contributed by atoms with E-state index in [4.69, 9.17) is 10.5 Å². The Labute approximate surface area is 283 Å². The number of aliphatic hydroxyl groups excluding tert-OH is 1. The minimum Gasteiger partial charge on any atom is -0.432 e. The second-order valence-corrected chi connectivity index (χ2v) is 17.8. The first-order valence-electron chi connectivity index (χ1n) is 15.7. The number of halogens is 1. The van der Waals surface area contributed by atoms with Crippen molar-refractivity contribution >= 4 is 53.1 Å². The van der Waals surface area contributed by atoms with Crippen molar-refractivity contribution in [3.05, 3.63) is 99.8 Å². The van der Waals surface area contributed by atoms with Crippen molar-refractivity contribution in [2.24, 2.45) is 5.92 Å². The molecule has 2 aliphatic rings. The molecule has 0 radical (unpaired) electrons. The number of benzene rings is 3. The van der Waals surface area contributed by atoms with Crippen LogP contribution in [0.4, 0.5) is 17.1 Å². The second kappa shape index (κ2) is 13.0. The topological polar surface area (TPSA) is 156 Å². The molecule has 13 heteroatoms. The zero-order valence-corrected chi connectivity index (χ0v) is 29.1. The van der Waals surface area contributed by atoms with Gasteiger partial charge in [-0.3, -0.25) is 14.3 Å². The number of nitrogens with zero attached hydrogens (tertiary/aromatic N) is 4. The number of fused-ring (bicyclic) bond motifs is 2. The molecule has 11 nitrogen and oxygen atoms in total. The quantitative estimate of drug-likeness (QED) is 0.134. The lowest BCUT2D eigenvalue weighted by Gasteiger charge is -2.32. The maximum atomic E-state index is 14.7. The summed E-state index contributed by atoms with van der Waals surface area (Å²) in [4.78, 5) is 41.0. The minimum atomic E-state index is -2.84. The lowest BCUT2D eigenvalue weighted by atomic mass is 9.82. The van der Waals surface area contributed by atoms with Gasteiger partial charge in [0.25, 0.3) is 11.8 Å². The normalized spacial score (nSPS) is 22.2. The molecular formula is C34H39BrN6O5Si. The van der Waals surface area contributed by atoms with Crippen LogP contribution in [-0.4, -0.2) is 57.7 Å². The van der Waals surface area contributed by atoms with E-state index in [0.717, 1.165) is 21.3 Å². The Morgan fingerprint density at radius 2 is 1.91 bits per heavy atom. The highest BCUT2D eigenvalue weighted by Gasteiger charge is 2.66. The van der Waals surface area contributed by atoms with E-state index in [0.29, 0.717) is 42.0 Å². The summed E-state index contributed by atoms with van der Waals surface area (Å²) in [6.07, 6.45) is 2.36. The summed E-state index contributed by atoms with van der Waals surface area (Å²) >= 11 is 3.61. The Kier molecular flexibility index (Phi) is 9.11. The Morgan fingerprint density at radius 1 is 1.15 bits per heavy atom. The van der Waals surface area contributed by atoms with Crippen LogP contribution in [0.25, 0.3) is 0 Å². The van der Waals surface area contributed by atoms with Crippen molar-refractivity contribution in [1.29, 1.82) is 0 Å². The number of nitrogen functional groups attached to an aromatic ring is 1. The average molecular weight is 720 g/mol. The van der Waals surface area contributed by atoms with Crippen LogP contribution in [0.2, 0.25) is 18.6 Å². The fraction of sp³-hybridized carbons (Fsp3) is 0.353. The fourth-order valence-electron chi connectivity index (χ4n) is 7.18. The van der Waals surface area contributed by atoms with Gasteiger partial charge in [-0.15, -0.1) is 5.10 Å². The zero-order chi connectivity index (χ0) is 33.5. The Hall–Kier alpha value is -3.88. The van der Waals surface area contributed by atoms with E-state index in [1.807, 2.05) is 68.7 Å². The number of amides is 2. The summed E-state index contributed by atoms with van der Waals surface area (Å²) in [7, 11) is -2.84. The number of aromatic nitrogens is 3. The van der Waals surface area contributed by atoms with Crippen molar-refractivity contribution < 1.29 is 24.2 Å². The zero-order valence-electron chi connectivity index (χ0n) is 26.6. The number of ether oxygens (including phenoxy) is 1. The number of anilines is 3. The van der Waals surface area contributed by atoms with Gasteiger partial charge in [0.15, 0.2) is 13.9 Å². The number of carbonyl (C=O) groups is 2. The van der Waals surface area contributed by atoms with Crippen molar-refractivity contribution in [2.45, 2.75) is 63.2 Å². The Morgan fingerprint density at radius 3 is 2.64 bits per heavy atom. The molecule has 0 saturated carbocycles. The van der Waals surface area contributed by atoms with E-state index in [-0.39, 0.29) is 36.4 Å². The molecule has 47 heavy (non-hydrogen) atoms. The molecule has 2 aliphatic heterocycles. The molecule has 1 spiro atoms. The second-order valence-electron chi connectivity index (χ2n) is 12.9. The first-order chi connectivity index (χ1) is 22.4. The molecule has 3 heterocycles. The van der Waals surface area contributed by atoms with Crippen LogP contribution in [0, 0.1) is 5.92 Å². The van der Waals surface area contributed by atoms with Crippen LogP contribution in [-0.2, 0) is 34.6 Å². The molecule has 4 atom stereocenters. The van der Waals surface area contributed by atoms with Crippen LogP contribution in [0.5, 0.6) is 0 Å². The highest BCUT2D eigenvalue weighted by Crippen LogP contribution is 2.60. The molecular weight excluding hydrogens is 680 g/mol.